The van der Waals surface area contributed by atoms with Crippen molar-refractivity contribution in [1.82, 2.24) is 29.6 Å². The van der Waals surface area contributed by atoms with E-state index in [-0.39, 0.29) is 12.0 Å². The zero-order valence-electron chi connectivity index (χ0n) is 20.9. The van der Waals surface area contributed by atoms with Crippen LogP contribution in [0.5, 0.6) is 5.75 Å². The van der Waals surface area contributed by atoms with E-state index >= 15 is 0 Å². The van der Waals surface area contributed by atoms with Crippen LogP contribution >= 0.6 is 0 Å². The number of nitrogens with one attached hydrogen (secondary N) is 1. The standard InChI is InChI=1S/C26H36N6O2/c1-16(2)23-28-24(30-29-23)21-15-32-12-13-34-22-7-6-18(14-20(22)25(32)27-21)17(3)31-10-8-19(9-11-31)26(4,5)33/h6-7,14-17,19,33H,8-13H2,1-5H3,(H,28,29,30). The second kappa shape index (κ2) is 8.82. The number of piperidine rings is 1. The van der Waals surface area contributed by atoms with Crippen molar-refractivity contribution in [1.29, 1.82) is 0 Å². The van der Waals surface area contributed by atoms with Crippen molar-refractivity contribution in [3.8, 4) is 28.7 Å². The minimum absolute atomic E-state index is 0.261. The number of hydrogen-bond donors (Lipinski definition) is 2. The first-order chi connectivity index (χ1) is 16.2. The molecule has 182 valence electrons. The Morgan fingerprint density at radius 3 is 2.56 bits per heavy atom. The Morgan fingerprint density at radius 1 is 1.12 bits per heavy atom. The second-order valence-electron chi connectivity index (χ2n) is 10.6. The number of nitrogens with zero attached hydrogens (tertiary/aromatic N) is 5. The van der Waals surface area contributed by atoms with Crippen molar-refractivity contribution < 1.29 is 9.84 Å². The number of hydrogen-bond acceptors (Lipinski definition) is 6. The lowest BCUT2D eigenvalue weighted by Crippen LogP contribution is -2.42. The van der Waals surface area contributed by atoms with Gasteiger partial charge in [0.15, 0.2) is 11.6 Å². The van der Waals surface area contributed by atoms with Crippen molar-refractivity contribution >= 4 is 0 Å². The third kappa shape index (κ3) is 4.36. The van der Waals surface area contributed by atoms with Gasteiger partial charge in [-0.2, -0.15) is 5.10 Å². The van der Waals surface area contributed by atoms with Crippen molar-refractivity contribution in [2.75, 3.05) is 19.7 Å². The quantitative estimate of drug-likeness (QED) is 0.582. The molecule has 8 nitrogen and oxygen atoms in total. The molecule has 2 aromatic heterocycles. The molecule has 1 atom stereocenters. The van der Waals surface area contributed by atoms with E-state index in [0.29, 0.717) is 18.3 Å². The van der Waals surface area contributed by atoms with Gasteiger partial charge < -0.3 is 14.4 Å². The van der Waals surface area contributed by atoms with E-state index in [9.17, 15) is 5.11 Å². The molecule has 1 saturated heterocycles. The van der Waals surface area contributed by atoms with E-state index in [2.05, 4.69) is 63.6 Å². The molecule has 2 aliphatic heterocycles. The minimum Gasteiger partial charge on any atom is -0.491 e. The van der Waals surface area contributed by atoms with Gasteiger partial charge in [0.2, 0.25) is 0 Å². The summed E-state index contributed by atoms with van der Waals surface area (Å²) in [5.74, 6) is 3.89. The monoisotopic (exact) mass is 464 g/mol. The highest BCUT2D eigenvalue weighted by atomic mass is 16.5. The fourth-order valence-corrected chi connectivity index (χ4v) is 5.13. The average Bonchev–Trinajstić information content (AvgIpc) is 3.43. The lowest BCUT2D eigenvalue weighted by molar-refractivity contribution is -0.0179. The zero-order valence-corrected chi connectivity index (χ0v) is 20.9. The van der Waals surface area contributed by atoms with Crippen molar-refractivity contribution in [3.05, 3.63) is 35.8 Å². The highest BCUT2D eigenvalue weighted by molar-refractivity contribution is 5.69. The van der Waals surface area contributed by atoms with Crippen LogP contribution in [0.1, 0.15) is 70.8 Å². The lowest BCUT2D eigenvalue weighted by Gasteiger charge is -2.40. The van der Waals surface area contributed by atoms with E-state index in [1.165, 1.54) is 5.56 Å². The Bertz CT molecular complexity index is 1150. The van der Waals surface area contributed by atoms with Crippen molar-refractivity contribution in [3.63, 3.8) is 0 Å². The molecule has 0 radical (unpaired) electrons. The third-order valence-corrected chi connectivity index (χ3v) is 7.43. The van der Waals surface area contributed by atoms with Gasteiger partial charge in [-0.15, -0.1) is 0 Å². The summed E-state index contributed by atoms with van der Waals surface area (Å²) in [4.78, 5) is 12.1. The molecule has 34 heavy (non-hydrogen) atoms. The van der Waals surface area contributed by atoms with Gasteiger partial charge in [0.05, 0.1) is 17.7 Å². The number of aliphatic hydroxyl groups is 1. The number of likely N-dealkylation sites (tertiary alicyclic amines) is 1. The smallest absolute Gasteiger partial charge is 0.176 e. The van der Waals surface area contributed by atoms with Gasteiger partial charge in [-0.25, -0.2) is 9.97 Å². The second-order valence-corrected chi connectivity index (χ2v) is 10.6. The van der Waals surface area contributed by atoms with Crippen LogP contribution in [-0.4, -0.2) is 60.0 Å². The van der Waals surface area contributed by atoms with Gasteiger partial charge in [0, 0.05) is 18.2 Å². The van der Waals surface area contributed by atoms with Gasteiger partial charge >= 0.3 is 0 Å². The summed E-state index contributed by atoms with van der Waals surface area (Å²) >= 11 is 0. The van der Waals surface area contributed by atoms with Crippen LogP contribution in [0.2, 0.25) is 0 Å². The number of H-pyrrole nitrogens is 1. The molecule has 0 saturated carbocycles. The number of benzene rings is 1. The topological polar surface area (TPSA) is 92.1 Å². The highest BCUT2D eigenvalue weighted by Gasteiger charge is 2.32. The predicted octanol–water partition coefficient (Wildman–Crippen LogP) is 4.39. The van der Waals surface area contributed by atoms with E-state index in [0.717, 1.165) is 61.1 Å². The van der Waals surface area contributed by atoms with E-state index in [1.54, 1.807) is 0 Å². The predicted molar refractivity (Wildman–Crippen MR) is 132 cm³/mol. The molecule has 0 bridgehead atoms. The molecular formula is C26H36N6O2. The van der Waals surface area contributed by atoms with Gasteiger partial charge in [-0.3, -0.25) is 10.00 Å². The van der Waals surface area contributed by atoms with Crippen LogP contribution in [-0.2, 0) is 6.54 Å². The SMILES string of the molecule is CC(C)c1n[nH]c(-c2cn3c(n2)-c2cc(C(C)N4CCC(C(C)(C)O)CC4)ccc2OCC3)n1. The summed E-state index contributed by atoms with van der Waals surface area (Å²) in [6.07, 6.45) is 4.08. The molecule has 4 heterocycles. The van der Waals surface area contributed by atoms with Crippen molar-refractivity contribution in [2.24, 2.45) is 5.92 Å². The molecule has 3 aromatic rings. The van der Waals surface area contributed by atoms with Crippen LogP contribution in [0.25, 0.3) is 22.9 Å². The largest absolute Gasteiger partial charge is 0.491 e. The maximum absolute atomic E-state index is 10.4. The molecule has 2 aliphatic rings. The van der Waals surface area contributed by atoms with Crippen LogP contribution in [0.3, 0.4) is 0 Å². The Hall–Kier alpha value is -2.71. The van der Waals surface area contributed by atoms with Crippen LogP contribution in [0.15, 0.2) is 24.4 Å². The molecule has 1 aromatic carbocycles. The van der Waals surface area contributed by atoms with Gasteiger partial charge in [0.1, 0.15) is 23.9 Å². The van der Waals surface area contributed by atoms with Gasteiger partial charge in [0.25, 0.3) is 0 Å². The molecule has 8 heteroatoms. The highest BCUT2D eigenvalue weighted by Crippen LogP contribution is 2.38. The molecular weight excluding hydrogens is 428 g/mol. The van der Waals surface area contributed by atoms with Gasteiger partial charge in [-0.05, 0) is 70.3 Å². The molecule has 2 N–H and O–H groups in total. The molecule has 0 spiro atoms. The Kier molecular flexibility index (Phi) is 5.98. The minimum atomic E-state index is -0.606. The summed E-state index contributed by atoms with van der Waals surface area (Å²) < 4.78 is 8.22. The average molecular weight is 465 g/mol. The fourth-order valence-electron chi connectivity index (χ4n) is 5.13. The number of fused-ring (bicyclic) bond motifs is 3. The maximum Gasteiger partial charge on any atom is 0.176 e. The summed E-state index contributed by atoms with van der Waals surface area (Å²) in [6, 6.07) is 6.77. The third-order valence-electron chi connectivity index (χ3n) is 7.43. The summed E-state index contributed by atoms with van der Waals surface area (Å²) in [5.41, 5.74) is 2.46. The van der Waals surface area contributed by atoms with E-state index < -0.39 is 5.60 Å². The Morgan fingerprint density at radius 2 is 1.88 bits per heavy atom. The normalized spacial score (nSPS) is 18.3. The molecule has 0 aliphatic carbocycles. The Balaban J connectivity index is 1.42. The van der Waals surface area contributed by atoms with E-state index in [1.807, 2.05) is 20.0 Å². The van der Waals surface area contributed by atoms with Gasteiger partial charge in [-0.1, -0.05) is 19.9 Å². The zero-order chi connectivity index (χ0) is 24.0. The summed E-state index contributed by atoms with van der Waals surface area (Å²) in [7, 11) is 0. The number of imidazole rings is 1. The van der Waals surface area contributed by atoms with Crippen LogP contribution < -0.4 is 4.74 Å². The first-order valence-corrected chi connectivity index (χ1v) is 12.4. The maximum atomic E-state index is 10.4. The number of ether oxygens (including phenoxy) is 1. The van der Waals surface area contributed by atoms with Crippen molar-refractivity contribution in [2.45, 2.75) is 71.6 Å². The number of aromatic amines is 1. The molecule has 0 amide bonds. The summed E-state index contributed by atoms with van der Waals surface area (Å²) in [6.45, 7) is 13.6. The number of rotatable bonds is 5. The van der Waals surface area contributed by atoms with Crippen LogP contribution in [0.4, 0.5) is 0 Å². The fraction of sp³-hybridized carbons (Fsp3) is 0.577. The number of aromatic nitrogens is 5. The Labute approximate surface area is 201 Å². The lowest BCUT2D eigenvalue weighted by atomic mass is 9.82. The molecule has 5 rings (SSSR count). The summed E-state index contributed by atoms with van der Waals surface area (Å²) in [5, 5.41) is 17.8. The molecule has 1 fully saturated rings. The molecule has 1 unspecified atom stereocenters. The van der Waals surface area contributed by atoms with Crippen LogP contribution in [0, 0.1) is 5.92 Å². The van der Waals surface area contributed by atoms with E-state index in [4.69, 9.17) is 9.72 Å². The first kappa shape index (κ1) is 23.1. The first-order valence-electron chi connectivity index (χ1n) is 12.4.